The number of alkyl halides is 6. The van der Waals surface area contributed by atoms with Crippen LogP contribution < -0.4 is 15.8 Å². The Kier molecular flexibility index (Phi) is 9.44. The van der Waals surface area contributed by atoms with Gasteiger partial charge in [0.25, 0.3) is 5.91 Å². The highest BCUT2D eigenvalue weighted by Crippen LogP contribution is 2.36. The number of carbonyl (C=O) groups excluding carboxylic acids is 3. The molecule has 17 heteroatoms. The summed E-state index contributed by atoms with van der Waals surface area (Å²) in [4.78, 5) is 50.4. The Morgan fingerprint density at radius 3 is 2.19 bits per heavy atom. The summed E-state index contributed by atoms with van der Waals surface area (Å²) in [5.74, 6) is -4.06. The van der Waals surface area contributed by atoms with E-state index in [4.69, 9.17) is 20.4 Å². The third-order valence-corrected chi connectivity index (χ3v) is 8.09. The van der Waals surface area contributed by atoms with Crippen LogP contribution in [-0.4, -0.2) is 62.4 Å². The molecule has 2 atom stereocenters. The van der Waals surface area contributed by atoms with Gasteiger partial charge in [-0.25, -0.2) is 0 Å². The summed E-state index contributed by atoms with van der Waals surface area (Å²) in [5, 5.41) is 8.78. The highest BCUT2D eigenvalue weighted by molar-refractivity contribution is 6.02. The van der Waals surface area contributed by atoms with E-state index in [1.165, 1.54) is 34.3 Å². The minimum atomic E-state index is -5.19. The zero-order valence-corrected chi connectivity index (χ0v) is 25.0. The quantitative estimate of drug-likeness (QED) is 0.368. The molecule has 3 aliphatic rings. The van der Waals surface area contributed by atoms with Crippen LogP contribution in [0.1, 0.15) is 57.7 Å². The van der Waals surface area contributed by atoms with Gasteiger partial charge in [-0.2, -0.15) is 31.2 Å². The van der Waals surface area contributed by atoms with Gasteiger partial charge in [0.2, 0.25) is 5.54 Å². The van der Waals surface area contributed by atoms with E-state index >= 15 is 0 Å². The van der Waals surface area contributed by atoms with E-state index in [-0.39, 0.29) is 37.6 Å². The van der Waals surface area contributed by atoms with Crippen LogP contribution in [-0.2, 0) is 45.7 Å². The summed E-state index contributed by atoms with van der Waals surface area (Å²) in [5.41, 5.74) is 5.74. The third-order valence-electron chi connectivity index (χ3n) is 8.09. The van der Waals surface area contributed by atoms with Crippen molar-refractivity contribution in [2.75, 3.05) is 6.61 Å². The number of carboxylic acid groups (broad SMARTS) is 1. The molecular weight excluding hydrogens is 650 g/mol. The number of halogens is 6. The number of guanidine groups is 1. The number of amides is 2. The fraction of sp³-hybridized carbons (Fsp3) is 0.355. The van der Waals surface area contributed by atoms with Crippen LogP contribution in [0.25, 0.3) is 0 Å². The molecule has 0 saturated carbocycles. The highest BCUT2D eigenvalue weighted by Gasteiger charge is 2.55. The Morgan fingerprint density at radius 1 is 1.02 bits per heavy atom. The summed E-state index contributed by atoms with van der Waals surface area (Å²) >= 11 is 0. The zero-order valence-electron chi connectivity index (χ0n) is 25.0. The molecule has 254 valence electrons. The number of hydrogen-bond donors (Lipinski definition) is 2. The Balaban J connectivity index is 0.000000582. The van der Waals surface area contributed by atoms with Crippen molar-refractivity contribution < 1.29 is 55.6 Å². The van der Waals surface area contributed by atoms with Gasteiger partial charge in [-0.05, 0) is 30.5 Å². The first kappa shape index (κ1) is 34.3. The number of carboxylic acids is 1. The van der Waals surface area contributed by atoms with Gasteiger partial charge >= 0.3 is 24.2 Å². The molecule has 3 aromatic rings. The number of nitrogens with two attached hydrogens (primary N) is 1. The lowest BCUT2D eigenvalue weighted by Crippen LogP contribution is -2.85. The van der Waals surface area contributed by atoms with E-state index in [2.05, 4.69) is 15.0 Å². The SMILES string of the molecule is NC1=[NH+]C(C[C@@H]2CCCO2)(c2ccccc2)C(=O)N1Cc1ccc(C(F)(F)F)c(C(=O)N2Cc3nccnc3C2)c1.O=C([O-])C(F)(F)F. The number of nitrogens with zero attached hydrogens (tertiary/aromatic N) is 4. The predicted molar refractivity (Wildman–Crippen MR) is 151 cm³/mol. The van der Waals surface area contributed by atoms with Gasteiger partial charge in [-0.1, -0.05) is 36.4 Å². The average molecular weight is 679 g/mol. The van der Waals surface area contributed by atoms with Crippen molar-refractivity contribution >= 4 is 23.7 Å². The Bertz CT molecular complexity index is 1700. The van der Waals surface area contributed by atoms with Crippen molar-refractivity contribution in [3.63, 3.8) is 0 Å². The summed E-state index contributed by atoms with van der Waals surface area (Å²) in [7, 11) is 0. The van der Waals surface area contributed by atoms with Crippen LogP contribution in [0, 0.1) is 0 Å². The number of aromatic nitrogens is 2. The van der Waals surface area contributed by atoms with E-state index in [1.807, 2.05) is 30.3 Å². The molecule has 1 unspecified atom stereocenters. The standard InChI is InChI=1S/C29H27F3N6O3.C2HF3O2/c30-29(31,32)22-9-8-18(13-21(22)25(39)37-16-23-24(17-37)35-11-10-34-23)15-38-26(40)28(36-27(38)33,14-20-7-4-12-41-20)19-5-2-1-3-6-19;3-2(4,5)1(6)7/h1-3,5-6,8-11,13,20H,4,7,12,14-17H2,(H2,33,36);(H,6,7)/t20-,28?;/m0./s1. The summed E-state index contributed by atoms with van der Waals surface area (Å²) in [6, 6.07) is 12.5. The van der Waals surface area contributed by atoms with Crippen LogP contribution in [0.5, 0.6) is 0 Å². The van der Waals surface area contributed by atoms with Gasteiger partial charge < -0.3 is 19.5 Å². The fourth-order valence-corrected chi connectivity index (χ4v) is 5.85. The normalized spacial score (nSPS) is 20.7. The van der Waals surface area contributed by atoms with Gasteiger partial charge in [-0.3, -0.25) is 30.3 Å². The minimum absolute atomic E-state index is 0.0572. The van der Waals surface area contributed by atoms with Crippen LogP contribution in [0.2, 0.25) is 0 Å². The monoisotopic (exact) mass is 678 g/mol. The molecule has 3 aliphatic heterocycles. The lowest BCUT2D eigenvalue weighted by atomic mass is 9.84. The Labute approximate surface area is 269 Å². The molecule has 0 spiro atoms. The molecule has 6 rings (SSSR count). The van der Waals surface area contributed by atoms with Crippen molar-refractivity contribution in [1.29, 1.82) is 0 Å². The molecule has 11 nitrogen and oxygen atoms in total. The largest absolute Gasteiger partial charge is 0.542 e. The number of aliphatic carboxylic acids is 1. The maximum absolute atomic E-state index is 14.0. The molecule has 0 aliphatic carbocycles. The van der Waals surface area contributed by atoms with E-state index in [0.717, 1.165) is 18.9 Å². The first-order valence-electron chi connectivity index (χ1n) is 14.6. The van der Waals surface area contributed by atoms with Crippen molar-refractivity contribution in [3.8, 4) is 0 Å². The maximum atomic E-state index is 14.0. The Hall–Kier alpha value is -5.06. The van der Waals surface area contributed by atoms with E-state index in [0.29, 0.717) is 35.5 Å². The molecule has 1 saturated heterocycles. The third kappa shape index (κ3) is 7.10. The number of hydrogen-bond acceptors (Lipinski definition) is 8. The van der Waals surface area contributed by atoms with Crippen LogP contribution in [0.3, 0.4) is 0 Å². The summed E-state index contributed by atoms with van der Waals surface area (Å²) in [6.07, 6.45) is -5.10. The number of ether oxygens (including phenoxy) is 1. The topological polar surface area (TPSA) is 156 Å². The van der Waals surface area contributed by atoms with Crippen molar-refractivity contribution in [2.45, 2.75) is 62.9 Å². The number of rotatable bonds is 6. The molecule has 1 fully saturated rings. The first-order valence-corrected chi connectivity index (χ1v) is 14.6. The molecular formula is C31H28F6N6O5. The van der Waals surface area contributed by atoms with Gasteiger partial charge in [0, 0.05) is 31.0 Å². The van der Waals surface area contributed by atoms with Crippen LogP contribution in [0.4, 0.5) is 26.3 Å². The summed E-state index contributed by atoms with van der Waals surface area (Å²) < 4.78 is 79.4. The molecule has 2 amide bonds. The van der Waals surface area contributed by atoms with Gasteiger partial charge in [0.15, 0.2) is 0 Å². The lowest BCUT2D eigenvalue weighted by molar-refractivity contribution is -0.542. The number of fused-ring (bicyclic) bond motifs is 1. The molecule has 0 radical (unpaired) electrons. The van der Waals surface area contributed by atoms with Gasteiger partial charge in [0.1, 0.15) is 12.5 Å². The highest BCUT2D eigenvalue weighted by atomic mass is 19.4. The van der Waals surface area contributed by atoms with Gasteiger partial charge in [-0.15, -0.1) is 0 Å². The van der Waals surface area contributed by atoms with Crippen molar-refractivity contribution in [3.05, 3.63) is 94.6 Å². The minimum Gasteiger partial charge on any atom is -0.542 e. The summed E-state index contributed by atoms with van der Waals surface area (Å²) in [6.45, 7) is 0.603. The number of nitrogens with one attached hydrogen (secondary N) is 1. The smallest absolute Gasteiger partial charge is 0.430 e. The first-order chi connectivity index (χ1) is 22.6. The molecule has 48 heavy (non-hydrogen) atoms. The van der Waals surface area contributed by atoms with Crippen LogP contribution in [0.15, 0.2) is 60.9 Å². The Morgan fingerprint density at radius 2 is 1.65 bits per heavy atom. The van der Waals surface area contributed by atoms with E-state index in [1.54, 1.807) is 0 Å². The second-order valence-corrected chi connectivity index (χ2v) is 11.3. The zero-order chi connectivity index (χ0) is 34.9. The van der Waals surface area contributed by atoms with Crippen molar-refractivity contribution in [1.82, 2.24) is 19.8 Å². The molecule has 2 aromatic carbocycles. The lowest BCUT2D eigenvalue weighted by Gasteiger charge is -2.26. The van der Waals surface area contributed by atoms with Gasteiger partial charge in [0.05, 0.1) is 41.7 Å². The molecule has 1 aromatic heterocycles. The second-order valence-electron chi connectivity index (χ2n) is 11.3. The average Bonchev–Trinajstić information content (AvgIpc) is 3.77. The fourth-order valence-electron chi connectivity index (χ4n) is 5.85. The van der Waals surface area contributed by atoms with E-state index in [9.17, 15) is 35.9 Å². The van der Waals surface area contributed by atoms with Crippen LogP contribution >= 0.6 is 0 Å². The van der Waals surface area contributed by atoms with Crippen molar-refractivity contribution in [2.24, 2.45) is 5.73 Å². The molecule has 4 heterocycles. The predicted octanol–water partition coefficient (Wildman–Crippen LogP) is 1.15. The maximum Gasteiger partial charge on any atom is 0.430 e. The molecule has 0 bridgehead atoms. The second kappa shape index (κ2) is 13.2. The number of benzene rings is 2. The van der Waals surface area contributed by atoms with E-state index < -0.39 is 40.9 Å². The molecule has 3 N–H and O–H groups in total. The number of carbonyl (C=O) groups is 3.